The Kier molecular flexibility index (Phi) is 3.90. The molecular weight excluding hydrogens is 300 g/mol. The number of ketones is 1. The van der Waals surface area contributed by atoms with Crippen molar-refractivity contribution in [2.45, 2.75) is 24.3 Å². The fourth-order valence-electron chi connectivity index (χ4n) is 3.74. The van der Waals surface area contributed by atoms with Crippen LogP contribution in [-0.2, 0) is 4.74 Å². The first-order valence-electron chi connectivity index (χ1n) is 8.37. The Labute approximate surface area is 141 Å². The average molecular weight is 320 g/mol. The molecule has 4 rings (SSSR count). The molecule has 0 bridgehead atoms. The van der Waals surface area contributed by atoms with Gasteiger partial charge in [-0.2, -0.15) is 5.10 Å². The highest BCUT2D eigenvalue weighted by Crippen LogP contribution is 2.41. The first-order valence-corrected chi connectivity index (χ1v) is 8.37. The van der Waals surface area contributed by atoms with Crippen LogP contribution in [-0.4, -0.2) is 30.2 Å². The molecule has 1 unspecified atom stereocenters. The van der Waals surface area contributed by atoms with Gasteiger partial charge in [-0.05, 0) is 18.4 Å². The van der Waals surface area contributed by atoms with E-state index in [0.29, 0.717) is 24.5 Å². The second kappa shape index (κ2) is 6.21. The lowest BCUT2D eigenvalue weighted by atomic mass is 9.72. The van der Waals surface area contributed by atoms with Crippen LogP contribution < -0.4 is 5.43 Å². The summed E-state index contributed by atoms with van der Waals surface area (Å²) in [6.07, 6.45) is 1.70. The van der Waals surface area contributed by atoms with Crippen LogP contribution in [0.1, 0.15) is 34.7 Å². The number of rotatable bonds is 3. The van der Waals surface area contributed by atoms with Crippen molar-refractivity contribution < 1.29 is 9.53 Å². The smallest absolute Gasteiger partial charge is 0.209 e. The summed E-state index contributed by atoms with van der Waals surface area (Å²) in [5.74, 6) is -0.0457. The second-order valence-corrected chi connectivity index (χ2v) is 6.42. The van der Waals surface area contributed by atoms with E-state index >= 15 is 0 Å². The topological polar surface area (TPSA) is 50.7 Å². The molecule has 2 aromatic rings. The minimum atomic E-state index is -0.223. The molecule has 2 heterocycles. The fourth-order valence-corrected chi connectivity index (χ4v) is 3.74. The van der Waals surface area contributed by atoms with Crippen molar-refractivity contribution in [3.8, 4) is 0 Å². The van der Waals surface area contributed by atoms with Crippen molar-refractivity contribution in [2.24, 2.45) is 5.10 Å². The van der Waals surface area contributed by atoms with Crippen molar-refractivity contribution in [2.75, 3.05) is 13.2 Å². The number of carbonyl (C=O) groups is 1. The zero-order valence-corrected chi connectivity index (χ0v) is 13.4. The highest BCUT2D eigenvalue weighted by Gasteiger charge is 2.49. The Hall–Kier alpha value is -2.46. The van der Waals surface area contributed by atoms with Gasteiger partial charge in [0.05, 0.1) is 11.5 Å². The number of hydrogen-bond acceptors (Lipinski definition) is 4. The van der Waals surface area contributed by atoms with Gasteiger partial charge >= 0.3 is 0 Å². The van der Waals surface area contributed by atoms with Gasteiger partial charge in [0, 0.05) is 18.8 Å². The summed E-state index contributed by atoms with van der Waals surface area (Å²) < 4.78 is 5.54. The van der Waals surface area contributed by atoms with Crippen LogP contribution in [0.5, 0.6) is 0 Å². The number of hydrazone groups is 1. The van der Waals surface area contributed by atoms with Gasteiger partial charge in [-0.15, -0.1) is 0 Å². The van der Waals surface area contributed by atoms with E-state index in [-0.39, 0.29) is 17.2 Å². The van der Waals surface area contributed by atoms with Gasteiger partial charge in [0.2, 0.25) is 5.78 Å². The van der Waals surface area contributed by atoms with Crippen molar-refractivity contribution in [3.63, 3.8) is 0 Å². The van der Waals surface area contributed by atoms with Gasteiger partial charge < -0.3 is 10.2 Å². The highest BCUT2D eigenvalue weighted by atomic mass is 16.5. The lowest BCUT2D eigenvalue weighted by molar-refractivity contribution is 0.0393. The van der Waals surface area contributed by atoms with Crippen LogP contribution in [0.25, 0.3) is 0 Å². The van der Waals surface area contributed by atoms with E-state index in [9.17, 15) is 4.79 Å². The lowest BCUT2D eigenvalue weighted by Crippen LogP contribution is -2.49. The summed E-state index contributed by atoms with van der Waals surface area (Å²) >= 11 is 0. The van der Waals surface area contributed by atoms with Gasteiger partial charge in [-0.25, -0.2) is 0 Å². The summed E-state index contributed by atoms with van der Waals surface area (Å²) in [7, 11) is 0. The Morgan fingerprint density at radius 1 is 1.00 bits per heavy atom. The number of benzene rings is 2. The van der Waals surface area contributed by atoms with E-state index in [2.05, 4.69) is 22.7 Å². The van der Waals surface area contributed by atoms with E-state index in [1.807, 2.05) is 48.5 Å². The molecule has 0 aromatic heterocycles. The van der Waals surface area contributed by atoms with Crippen molar-refractivity contribution in [1.29, 1.82) is 0 Å². The molecule has 2 aliphatic rings. The fraction of sp³-hybridized carbons (Fsp3) is 0.300. The molecule has 1 spiro atoms. The van der Waals surface area contributed by atoms with E-state index in [1.165, 1.54) is 0 Å². The van der Waals surface area contributed by atoms with Crippen molar-refractivity contribution in [3.05, 3.63) is 71.8 Å². The highest BCUT2D eigenvalue weighted by molar-refractivity contribution is 6.48. The van der Waals surface area contributed by atoms with Crippen LogP contribution in [0.15, 0.2) is 65.8 Å². The van der Waals surface area contributed by atoms with E-state index in [4.69, 9.17) is 4.74 Å². The summed E-state index contributed by atoms with van der Waals surface area (Å²) in [6, 6.07) is 19.6. The SMILES string of the molecule is O=C(C1=NNC2(CCOCC2)C1c1ccccc1)c1ccccc1. The molecule has 1 atom stereocenters. The van der Waals surface area contributed by atoms with Gasteiger partial charge in [-0.3, -0.25) is 4.79 Å². The molecule has 4 nitrogen and oxygen atoms in total. The molecule has 4 heteroatoms. The number of hydrogen-bond donors (Lipinski definition) is 1. The number of Topliss-reactive ketones (excluding diaryl/α,β-unsaturated/α-hetero) is 1. The average Bonchev–Trinajstić information content (AvgIpc) is 3.01. The Balaban J connectivity index is 1.74. The predicted octanol–water partition coefficient (Wildman–Crippen LogP) is 3.16. The van der Waals surface area contributed by atoms with Gasteiger partial charge in [0.1, 0.15) is 5.71 Å². The summed E-state index contributed by atoms with van der Waals surface area (Å²) in [6.45, 7) is 1.39. The van der Waals surface area contributed by atoms with Gasteiger partial charge in [0.25, 0.3) is 0 Å². The van der Waals surface area contributed by atoms with Gasteiger partial charge in [-0.1, -0.05) is 60.7 Å². The zero-order chi connectivity index (χ0) is 16.4. The number of ether oxygens (including phenoxy) is 1. The standard InChI is InChI=1S/C20H20N2O2/c23-19(16-9-5-2-6-10-16)18-17(15-7-3-1-4-8-15)20(22-21-18)11-13-24-14-12-20/h1-10,17,22H,11-14H2. The second-order valence-electron chi connectivity index (χ2n) is 6.42. The number of carbonyl (C=O) groups excluding carboxylic acids is 1. The Morgan fingerprint density at radius 2 is 1.62 bits per heavy atom. The first kappa shape index (κ1) is 15.1. The molecule has 0 saturated carbocycles. The van der Waals surface area contributed by atoms with E-state index in [1.54, 1.807) is 0 Å². The first-order chi connectivity index (χ1) is 11.8. The molecule has 2 aromatic carbocycles. The molecule has 0 aliphatic carbocycles. The third-order valence-electron chi connectivity index (χ3n) is 5.01. The minimum Gasteiger partial charge on any atom is -0.381 e. The summed E-state index contributed by atoms with van der Waals surface area (Å²) in [5.41, 5.74) is 5.51. The van der Waals surface area contributed by atoms with Gasteiger partial charge in [0.15, 0.2) is 0 Å². The Bertz CT molecular complexity index is 750. The maximum atomic E-state index is 13.1. The predicted molar refractivity (Wildman–Crippen MR) is 93.3 cm³/mol. The molecule has 2 aliphatic heterocycles. The van der Waals surface area contributed by atoms with Crippen molar-refractivity contribution in [1.82, 2.24) is 5.43 Å². The molecule has 1 saturated heterocycles. The minimum absolute atomic E-state index is 0.000296. The summed E-state index contributed by atoms with van der Waals surface area (Å²) in [5, 5.41) is 4.51. The summed E-state index contributed by atoms with van der Waals surface area (Å²) in [4.78, 5) is 13.1. The lowest BCUT2D eigenvalue weighted by Gasteiger charge is -2.38. The monoisotopic (exact) mass is 320 g/mol. The third kappa shape index (κ3) is 2.53. The van der Waals surface area contributed by atoms with Crippen LogP contribution in [0.3, 0.4) is 0 Å². The molecule has 24 heavy (non-hydrogen) atoms. The zero-order valence-electron chi connectivity index (χ0n) is 13.4. The quantitative estimate of drug-likeness (QED) is 0.884. The van der Waals surface area contributed by atoms with E-state index < -0.39 is 0 Å². The molecule has 0 radical (unpaired) electrons. The molecule has 122 valence electrons. The van der Waals surface area contributed by atoms with Crippen molar-refractivity contribution >= 4 is 11.5 Å². The Morgan fingerprint density at radius 3 is 2.29 bits per heavy atom. The van der Waals surface area contributed by atoms with Crippen LogP contribution >= 0.6 is 0 Å². The van der Waals surface area contributed by atoms with Crippen LogP contribution in [0.4, 0.5) is 0 Å². The van der Waals surface area contributed by atoms with E-state index in [0.717, 1.165) is 18.4 Å². The van der Waals surface area contributed by atoms with Crippen LogP contribution in [0.2, 0.25) is 0 Å². The molecule has 1 fully saturated rings. The maximum absolute atomic E-state index is 13.1. The largest absolute Gasteiger partial charge is 0.381 e. The number of nitrogens with one attached hydrogen (secondary N) is 1. The maximum Gasteiger partial charge on any atom is 0.209 e. The number of nitrogens with zero attached hydrogens (tertiary/aromatic N) is 1. The third-order valence-corrected chi connectivity index (χ3v) is 5.01. The molecule has 1 N–H and O–H groups in total. The molecule has 0 amide bonds. The van der Waals surface area contributed by atoms with Crippen LogP contribution in [0, 0.1) is 0 Å². The normalized spacial score (nSPS) is 22.0. The molecular formula is C20H20N2O2.